The van der Waals surface area contributed by atoms with E-state index in [0.717, 1.165) is 32.1 Å². The Labute approximate surface area is 155 Å². The molecule has 3 saturated carbocycles. The van der Waals surface area contributed by atoms with E-state index in [9.17, 15) is 14.7 Å². The van der Waals surface area contributed by atoms with Crippen LogP contribution >= 0.6 is 0 Å². The van der Waals surface area contributed by atoms with Gasteiger partial charge in [-0.15, -0.1) is 0 Å². The van der Waals surface area contributed by atoms with Crippen molar-refractivity contribution in [3.63, 3.8) is 0 Å². The van der Waals surface area contributed by atoms with E-state index in [2.05, 4.69) is 13.8 Å². The number of aliphatic hydroxyl groups is 1. The molecular weight excluding hydrogens is 328 g/mol. The van der Waals surface area contributed by atoms with Gasteiger partial charge in [-0.2, -0.15) is 0 Å². The fraction of sp³-hybridized carbons (Fsp3) is 0.818. The fourth-order valence-corrected chi connectivity index (χ4v) is 7.92. The molecule has 0 aromatic carbocycles. The molecule has 5 aliphatic rings. The van der Waals surface area contributed by atoms with Crippen LogP contribution in [-0.4, -0.2) is 34.0 Å². The van der Waals surface area contributed by atoms with Gasteiger partial charge in [-0.05, 0) is 63.4 Å². The molecule has 1 heterocycles. The lowest BCUT2D eigenvalue weighted by molar-refractivity contribution is -0.155. The molecule has 0 unspecified atom stereocenters. The van der Waals surface area contributed by atoms with Crippen LogP contribution in [0.15, 0.2) is 11.6 Å². The van der Waals surface area contributed by atoms with Gasteiger partial charge in [0, 0.05) is 16.7 Å². The average molecular weight is 358 g/mol. The summed E-state index contributed by atoms with van der Waals surface area (Å²) in [6.07, 6.45) is 7.07. The van der Waals surface area contributed by atoms with Crippen molar-refractivity contribution >= 4 is 11.6 Å². The minimum Gasteiger partial charge on any atom is -0.382 e. The van der Waals surface area contributed by atoms with E-state index in [0.29, 0.717) is 18.3 Å². The number of carbonyl (C=O) groups is 2. The highest BCUT2D eigenvalue weighted by atomic mass is 16.6. The van der Waals surface area contributed by atoms with Crippen LogP contribution in [0.4, 0.5) is 0 Å². The van der Waals surface area contributed by atoms with Gasteiger partial charge in [0.25, 0.3) is 0 Å². The van der Waals surface area contributed by atoms with Gasteiger partial charge in [0.2, 0.25) is 0 Å². The third-order valence-electron chi connectivity index (χ3n) is 9.38. The van der Waals surface area contributed by atoms with E-state index in [-0.39, 0.29) is 40.0 Å². The zero-order valence-electron chi connectivity index (χ0n) is 16.3. The molecule has 0 radical (unpaired) electrons. The number of epoxide rings is 1. The third-order valence-corrected chi connectivity index (χ3v) is 9.38. The van der Waals surface area contributed by atoms with Gasteiger partial charge in [-0.25, -0.2) is 0 Å². The average Bonchev–Trinajstić information content (AvgIpc) is 3.21. The lowest BCUT2D eigenvalue weighted by atomic mass is 9.45. The zero-order chi connectivity index (χ0) is 18.7. The van der Waals surface area contributed by atoms with Gasteiger partial charge in [0.1, 0.15) is 11.2 Å². The maximum absolute atomic E-state index is 12.3. The van der Waals surface area contributed by atoms with Crippen LogP contribution in [0.3, 0.4) is 0 Å². The summed E-state index contributed by atoms with van der Waals surface area (Å²) in [6, 6.07) is 0. The second-order valence-electron chi connectivity index (χ2n) is 10.2. The van der Waals surface area contributed by atoms with Gasteiger partial charge >= 0.3 is 0 Å². The maximum Gasteiger partial charge on any atom is 0.161 e. The number of carbonyl (C=O) groups excluding carboxylic acids is 2. The summed E-state index contributed by atoms with van der Waals surface area (Å²) in [5.74, 6) is 0.920. The molecule has 4 fully saturated rings. The Bertz CT molecular complexity index is 755. The predicted octanol–water partition coefficient (Wildman–Crippen LogP) is 3.22. The molecule has 4 nitrogen and oxygen atoms in total. The van der Waals surface area contributed by atoms with E-state index in [1.807, 2.05) is 13.0 Å². The molecule has 4 aliphatic carbocycles. The van der Waals surface area contributed by atoms with E-state index in [1.54, 1.807) is 6.92 Å². The van der Waals surface area contributed by atoms with Crippen molar-refractivity contribution in [1.29, 1.82) is 0 Å². The summed E-state index contributed by atoms with van der Waals surface area (Å²) < 4.78 is 6.53. The largest absolute Gasteiger partial charge is 0.382 e. The summed E-state index contributed by atoms with van der Waals surface area (Å²) in [5.41, 5.74) is -0.572. The molecule has 1 N–H and O–H groups in total. The summed E-state index contributed by atoms with van der Waals surface area (Å²) in [4.78, 5) is 24.6. The fourth-order valence-electron chi connectivity index (χ4n) is 7.92. The van der Waals surface area contributed by atoms with Crippen molar-refractivity contribution in [2.24, 2.45) is 28.6 Å². The Morgan fingerprint density at radius 2 is 1.96 bits per heavy atom. The molecule has 4 heteroatoms. The molecule has 1 aliphatic heterocycles. The number of rotatable bonds is 1. The van der Waals surface area contributed by atoms with Crippen LogP contribution in [0.2, 0.25) is 0 Å². The number of Topliss-reactive ketones (excluding diaryl/α,β-unsaturated/α-hetero) is 1. The molecule has 0 amide bonds. The van der Waals surface area contributed by atoms with Crippen LogP contribution in [0, 0.1) is 28.6 Å². The topological polar surface area (TPSA) is 66.9 Å². The maximum atomic E-state index is 12.3. The van der Waals surface area contributed by atoms with Crippen molar-refractivity contribution < 1.29 is 19.4 Å². The van der Waals surface area contributed by atoms with Crippen LogP contribution in [0.25, 0.3) is 0 Å². The predicted molar refractivity (Wildman–Crippen MR) is 96.4 cm³/mol. The molecule has 5 rings (SSSR count). The molecule has 0 aromatic heterocycles. The second-order valence-corrected chi connectivity index (χ2v) is 10.2. The molecular formula is C22H30O4. The highest BCUT2D eigenvalue weighted by Crippen LogP contribution is 2.76. The van der Waals surface area contributed by atoms with Gasteiger partial charge in [0.15, 0.2) is 11.6 Å². The Morgan fingerprint density at radius 3 is 2.65 bits per heavy atom. The number of hydrogen-bond donors (Lipinski definition) is 1. The molecule has 1 spiro atoms. The number of ketones is 2. The molecule has 8 atom stereocenters. The Balaban J connectivity index is 1.59. The lowest BCUT2D eigenvalue weighted by Crippen LogP contribution is -2.61. The van der Waals surface area contributed by atoms with Crippen molar-refractivity contribution in [2.45, 2.75) is 83.5 Å². The summed E-state index contributed by atoms with van der Waals surface area (Å²) in [5, 5.41) is 11.3. The Morgan fingerprint density at radius 1 is 1.23 bits per heavy atom. The van der Waals surface area contributed by atoms with Gasteiger partial charge in [-0.3, -0.25) is 9.59 Å². The van der Waals surface area contributed by atoms with E-state index >= 15 is 0 Å². The highest BCUT2D eigenvalue weighted by molar-refractivity contribution is 5.93. The first-order chi connectivity index (χ1) is 12.1. The normalized spacial score (nSPS) is 57.4. The third kappa shape index (κ3) is 1.62. The van der Waals surface area contributed by atoms with E-state index < -0.39 is 5.60 Å². The lowest BCUT2D eigenvalue weighted by Gasteiger charge is -2.57. The zero-order valence-corrected chi connectivity index (χ0v) is 16.3. The first-order valence-corrected chi connectivity index (χ1v) is 10.3. The number of hydrogen-bond acceptors (Lipinski definition) is 4. The molecule has 26 heavy (non-hydrogen) atoms. The number of ether oxygens (including phenoxy) is 1. The number of fused-ring (bicyclic) bond motifs is 3. The second kappa shape index (κ2) is 4.70. The Kier molecular flexibility index (Phi) is 3.09. The summed E-state index contributed by atoms with van der Waals surface area (Å²) in [7, 11) is 0. The van der Waals surface area contributed by atoms with Crippen molar-refractivity contribution in [1.82, 2.24) is 0 Å². The summed E-state index contributed by atoms with van der Waals surface area (Å²) in [6.45, 7) is 8.01. The van der Waals surface area contributed by atoms with Crippen LogP contribution in [-0.2, 0) is 14.3 Å². The quantitative estimate of drug-likeness (QED) is 0.731. The summed E-state index contributed by atoms with van der Waals surface area (Å²) >= 11 is 0. The van der Waals surface area contributed by atoms with Crippen LogP contribution < -0.4 is 0 Å². The first kappa shape index (κ1) is 17.1. The minimum atomic E-state index is -1.21. The highest BCUT2D eigenvalue weighted by Gasteiger charge is 2.81. The van der Waals surface area contributed by atoms with Gasteiger partial charge < -0.3 is 9.84 Å². The molecule has 1 saturated heterocycles. The smallest absolute Gasteiger partial charge is 0.161 e. The van der Waals surface area contributed by atoms with E-state index in [4.69, 9.17) is 4.74 Å². The van der Waals surface area contributed by atoms with E-state index in [1.165, 1.54) is 5.57 Å². The van der Waals surface area contributed by atoms with Crippen molar-refractivity contribution in [3.05, 3.63) is 11.6 Å². The van der Waals surface area contributed by atoms with Gasteiger partial charge in [0.05, 0.1) is 6.10 Å². The monoisotopic (exact) mass is 358 g/mol. The van der Waals surface area contributed by atoms with Crippen LogP contribution in [0.1, 0.15) is 66.2 Å². The standard InChI is InChI=1S/C22H30O4/c1-12-10-19(3)14(9-17(12)24)5-6-16-15-7-8-21(25,13(2)23)20(15,4)11-18-22(16,19)26-18/h9,12,15-16,18,25H,5-8,10-11H2,1-4H3/t12-,15+,16+,18+,19+,20+,21+,22-/m1/s1. The first-order valence-electron chi connectivity index (χ1n) is 10.3. The van der Waals surface area contributed by atoms with Crippen molar-refractivity contribution in [2.75, 3.05) is 0 Å². The van der Waals surface area contributed by atoms with Crippen molar-refractivity contribution in [3.8, 4) is 0 Å². The Hall–Kier alpha value is -1.00. The van der Waals surface area contributed by atoms with Gasteiger partial charge in [-0.1, -0.05) is 26.3 Å². The van der Waals surface area contributed by atoms with Crippen LogP contribution in [0.5, 0.6) is 0 Å². The SMILES string of the molecule is CC(=O)[C@@]1(O)CC[C@H]2[C@@H]3CCC4=CC(=O)[C@H](C)C[C@]4(C)[C@@]34O[C@H]4C[C@@]21C. The molecule has 142 valence electrons. The molecule has 0 aromatic rings. The minimum absolute atomic E-state index is 0.0489. The molecule has 0 bridgehead atoms.